The quantitative estimate of drug-likeness (QED) is 0.408. The lowest BCUT2D eigenvalue weighted by Crippen LogP contribution is -2.25. The molecule has 9 heteroatoms. The summed E-state index contributed by atoms with van der Waals surface area (Å²) in [7, 11) is 0. The molecule has 4 aromatic rings. The highest BCUT2D eigenvalue weighted by Gasteiger charge is 2.15. The van der Waals surface area contributed by atoms with Gasteiger partial charge in [-0.3, -0.25) is 9.59 Å². The number of hydrogen-bond acceptors (Lipinski definition) is 6. The Morgan fingerprint density at radius 3 is 2.55 bits per heavy atom. The van der Waals surface area contributed by atoms with E-state index in [-0.39, 0.29) is 17.6 Å². The first-order chi connectivity index (χ1) is 15.9. The summed E-state index contributed by atoms with van der Waals surface area (Å²) in [4.78, 5) is 34.0. The van der Waals surface area contributed by atoms with Gasteiger partial charge in [0.05, 0.1) is 17.0 Å². The second-order valence-electron chi connectivity index (χ2n) is 7.70. The molecule has 0 saturated heterocycles. The largest absolute Gasteiger partial charge is 0.348 e. The average Bonchev–Trinajstić information content (AvgIpc) is 3.21. The topological polar surface area (TPSA) is 101 Å². The molecule has 2 amide bonds. The molecule has 0 radical (unpaired) electrons. The number of para-hydroxylation sites is 1. The third-order valence-electron chi connectivity index (χ3n) is 4.95. The Morgan fingerprint density at radius 1 is 1.00 bits per heavy atom. The van der Waals surface area contributed by atoms with Crippen molar-refractivity contribution in [1.82, 2.24) is 24.9 Å². The van der Waals surface area contributed by atoms with Crippen molar-refractivity contribution in [2.75, 3.05) is 11.1 Å². The SMILES string of the molecule is Cc1ccc(CNC(=O)c2ccccc2NC(=O)CSc2nc3nc(C)cc(C)n3n2)cc1. The first kappa shape index (κ1) is 22.5. The maximum atomic E-state index is 12.7. The number of carbonyl (C=O) groups is 2. The third-order valence-corrected chi connectivity index (χ3v) is 5.79. The Morgan fingerprint density at radius 2 is 1.76 bits per heavy atom. The van der Waals surface area contributed by atoms with Crippen LogP contribution in [0.4, 0.5) is 5.69 Å². The van der Waals surface area contributed by atoms with Crippen LogP contribution in [-0.4, -0.2) is 37.1 Å². The number of rotatable bonds is 7. The molecular formula is C24H24N6O2S. The van der Waals surface area contributed by atoms with Gasteiger partial charge >= 0.3 is 0 Å². The van der Waals surface area contributed by atoms with E-state index in [2.05, 4.69) is 25.7 Å². The molecule has 8 nitrogen and oxygen atoms in total. The number of amides is 2. The zero-order chi connectivity index (χ0) is 23.4. The molecule has 0 atom stereocenters. The van der Waals surface area contributed by atoms with E-state index in [4.69, 9.17) is 0 Å². The Bertz CT molecular complexity index is 1320. The number of fused-ring (bicyclic) bond motifs is 1. The minimum absolute atomic E-state index is 0.105. The van der Waals surface area contributed by atoms with Crippen molar-refractivity contribution in [3.63, 3.8) is 0 Å². The first-order valence-electron chi connectivity index (χ1n) is 10.5. The lowest BCUT2D eigenvalue weighted by Gasteiger charge is -2.11. The Kier molecular flexibility index (Phi) is 6.69. The molecule has 168 valence electrons. The van der Waals surface area contributed by atoms with Crippen LogP contribution in [0, 0.1) is 20.8 Å². The number of aromatic nitrogens is 4. The first-order valence-corrected chi connectivity index (χ1v) is 11.4. The van der Waals surface area contributed by atoms with Crippen molar-refractivity contribution in [3.05, 3.63) is 82.7 Å². The van der Waals surface area contributed by atoms with E-state index >= 15 is 0 Å². The maximum Gasteiger partial charge on any atom is 0.253 e. The molecule has 0 spiro atoms. The van der Waals surface area contributed by atoms with Crippen LogP contribution in [-0.2, 0) is 11.3 Å². The second-order valence-corrected chi connectivity index (χ2v) is 8.64. The molecule has 0 fully saturated rings. The van der Waals surface area contributed by atoms with Crippen LogP contribution in [0.5, 0.6) is 0 Å². The molecule has 2 N–H and O–H groups in total. The summed E-state index contributed by atoms with van der Waals surface area (Å²) < 4.78 is 1.65. The Hall–Kier alpha value is -3.72. The molecule has 0 aliphatic heterocycles. The molecule has 0 unspecified atom stereocenters. The fraction of sp³-hybridized carbons (Fsp3) is 0.208. The van der Waals surface area contributed by atoms with E-state index in [1.165, 1.54) is 11.8 Å². The smallest absolute Gasteiger partial charge is 0.253 e. The van der Waals surface area contributed by atoms with Gasteiger partial charge in [0.15, 0.2) is 0 Å². The number of nitrogens with zero attached hydrogens (tertiary/aromatic N) is 4. The van der Waals surface area contributed by atoms with Gasteiger partial charge in [-0.25, -0.2) is 9.50 Å². The lowest BCUT2D eigenvalue weighted by molar-refractivity contribution is -0.113. The van der Waals surface area contributed by atoms with Crippen molar-refractivity contribution in [2.45, 2.75) is 32.5 Å². The van der Waals surface area contributed by atoms with Crippen LogP contribution in [0.3, 0.4) is 0 Å². The summed E-state index contributed by atoms with van der Waals surface area (Å²) in [6, 6.07) is 16.8. The number of thioether (sulfide) groups is 1. The van der Waals surface area contributed by atoms with Crippen molar-refractivity contribution < 1.29 is 9.59 Å². The van der Waals surface area contributed by atoms with Gasteiger partial charge in [-0.15, -0.1) is 5.10 Å². The summed E-state index contributed by atoms with van der Waals surface area (Å²) in [5, 5.41) is 10.6. The van der Waals surface area contributed by atoms with Gasteiger partial charge in [-0.1, -0.05) is 53.7 Å². The molecule has 4 rings (SSSR count). The van der Waals surface area contributed by atoms with Crippen LogP contribution in [0.2, 0.25) is 0 Å². The highest BCUT2D eigenvalue weighted by molar-refractivity contribution is 7.99. The van der Waals surface area contributed by atoms with Crippen LogP contribution in [0.1, 0.15) is 32.9 Å². The maximum absolute atomic E-state index is 12.7. The molecule has 0 aliphatic carbocycles. The van der Waals surface area contributed by atoms with Crippen LogP contribution < -0.4 is 10.6 Å². The van der Waals surface area contributed by atoms with E-state index in [1.807, 2.05) is 51.1 Å². The number of carbonyl (C=O) groups excluding carboxylic acids is 2. The summed E-state index contributed by atoms with van der Waals surface area (Å²) in [5.41, 5.74) is 4.82. The Labute approximate surface area is 195 Å². The summed E-state index contributed by atoms with van der Waals surface area (Å²) in [5.74, 6) is 0.108. The molecule has 0 aliphatic rings. The number of anilines is 1. The molecule has 0 bridgehead atoms. The number of hydrogen-bond donors (Lipinski definition) is 2. The van der Waals surface area contributed by atoms with E-state index < -0.39 is 0 Å². The standard InChI is InChI=1S/C24H24N6O2S/c1-15-8-10-18(11-9-15)13-25-22(32)19-6-4-5-7-20(19)27-21(31)14-33-24-28-23-26-16(2)12-17(3)30(23)29-24/h4-12H,13-14H2,1-3H3,(H,25,32)(H,27,31). The molecule has 2 heterocycles. The second kappa shape index (κ2) is 9.83. The molecule has 2 aromatic heterocycles. The molecule has 33 heavy (non-hydrogen) atoms. The van der Waals surface area contributed by atoms with Gasteiger partial charge in [0.2, 0.25) is 11.1 Å². The molecule has 0 saturated carbocycles. The van der Waals surface area contributed by atoms with Crippen LogP contribution in [0.15, 0.2) is 59.8 Å². The normalized spacial score (nSPS) is 10.9. The minimum Gasteiger partial charge on any atom is -0.348 e. The van der Waals surface area contributed by atoms with Crippen molar-refractivity contribution >= 4 is 35.0 Å². The predicted octanol–water partition coefficient (Wildman–Crippen LogP) is 3.71. The monoisotopic (exact) mass is 460 g/mol. The van der Waals surface area contributed by atoms with Crippen molar-refractivity contribution in [2.24, 2.45) is 0 Å². The van der Waals surface area contributed by atoms with E-state index in [9.17, 15) is 9.59 Å². The highest BCUT2D eigenvalue weighted by atomic mass is 32.2. The number of benzene rings is 2. The van der Waals surface area contributed by atoms with Gasteiger partial charge in [0.1, 0.15) is 0 Å². The van der Waals surface area contributed by atoms with Gasteiger partial charge in [-0.2, -0.15) is 4.98 Å². The summed E-state index contributed by atoms with van der Waals surface area (Å²) in [6.07, 6.45) is 0. The highest BCUT2D eigenvalue weighted by Crippen LogP contribution is 2.18. The fourth-order valence-electron chi connectivity index (χ4n) is 3.30. The predicted molar refractivity (Wildman–Crippen MR) is 128 cm³/mol. The van der Waals surface area contributed by atoms with Gasteiger partial charge < -0.3 is 10.6 Å². The summed E-state index contributed by atoms with van der Waals surface area (Å²) >= 11 is 1.22. The lowest BCUT2D eigenvalue weighted by atomic mass is 10.1. The number of aryl methyl sites for hydroxylation is 3. The zero-order valence-corrected chi connectivity index (χ0v) is 19.4. The zero-order valence-electron chi connectivity index (χ0n) is 18.6. The van der Waals surface area contributed by atoms with Crippen LogP contribution >= 0.6 is 11.8 Å². The van der Waals surface area contributed by atoms with Gasteiger partial charge in [0, 0.05) is 17.9 Å². The van der Waals surface area contributed by atoms with E-state index in [1.54, 1.807) is 28.8 Å². The third kappa shape index (κ3) is 5.56. The Balaban J connectivity index is 1.37. The van der Waals surface area contributed by atoms with Crippen molar-refractivity contribution in [3.8, 4) is 0 Å². The van der Waals surface area contributed by atoms with Crippen molar-refractivity contribution in [1.29, 1.82) is 0 Å². The minimum atomic E-state index is -0.252. The van der Waals surface area contributed by atoms with E-state index in [0.29, 0.717) is 28.7 Å². The molecular weight excluding hydrogens is 436 g/mol. The van der Waals surface area contributed by atoms with Gasteiger partial charge in [-0.05, 0) is 44.5 Å². The van der Waals surface area contributed by atoms with E-state index in [0.717, 1.165) is 22.5 Å². The number of nitrogens with one attached hydrogen (secondary N) is 2. The van der Waals surface area contributed by atoms with Crippen LogP contribution in [0.25, 0.3) is 5.78 Å². The molecule has 2 aromatic carbocycles. The average molecular weight is 461 g/mol. The summed E-state index contributed by atoms with van der Waals surface area (Å²) in [6.45, 7) is 6.25. The fourth-order valence-corrected chi connectivity index (χ4v) is 3.92. The van der Waals surface area contributed by atoms with Gasteiger partial charge in [0.25, 0.3) is 11.7 Å².